The molecule has 0 saturated carbocycles. The van der Waals surface area contributed by atoms with E-state index in [0.717, 1.165) is 35.2 Å². The van der Waals surface area contributed by atoms with Crippen molar-refractivity contribution in [1.29, 1.82) is 0 Å². The summed E-state index contributed by atoms with van der Waals surface area (Å²) in [5.41, 5.74) is 4.16. The summed E-state index contributed by atoms with van der Waals surface area (Å²) in [6.07, 6.45) is 0. The predicted molar refractivity (Wildman–Crippen MR) is 113 cm³/mol. The standard InChI is InChI=1S/C22H23N3O4/c1-15-7-8-18-17(13-21(26)29-22(18)16(15)2)14-23-9-11-24(12-10-23)19-5-3-4-6-20(19)25(27)28/h3-8,13H,9-12,14H2,1-2H3. The molecule has 1 saturated heterocycles. The Morgan fingerprint density at radius 2 is 1.79 bits per heavy atom. The van der Waals surface area contributed by atoms with Gasteiger partial charge in [-0.1, -0.05) is 24.3 Å². The number of hydrogen-bond acceptors (Lipinski definition) is 6. The summed E-state index contributed by atoms with van der Waals surface area (Å²) < 4.78 is 5.47. The molecule has 0 atom stereocenters. The van der Waals surface area contributed by atoms with Gasteiger partial charge in [-0.15, -0.1) is 0 Å². The van der Waals surface area contributed by atoms with Gasteiger partial charge >= 0.3 is 5.63 Å². The Morgan fingerprint density at radius 1 is 1.07 bits per heavy atom. The number of benzene rings is 2. The summed E-state index contributed by atoms with van der Waals surface area (Å²) in [5.74, 6) is 0. The van der Waals surface area contributed by atoms with Crippen molar-refractivity contribution in [1.82, 2.24) is 4.90 Å². The minimum Gasteiger partial charge on any atom is -0.422 e. The first-order chi connectivity index (χ1) is 13.9. The number of hydrogen-bond donors (Lipinski definition) is 0. The van der Waals surface area contributed by atoms with E-state index < -0.39 is 0 Å². The van der Waals surface area contributed by atoms with Gasteiger partial charge in [0.25, 0.3) is 5.69 Å². The summed E-state index contributed by atoms with van der Waals surface area (Å²) >= 11 is 0. The Hall–Kier alpha value is -3.19. The van der Waals surface area contributed by atoms with E-state index in [1.165, 1.54) is 0 Å². The molecule has 0 aliphatic carbocycles. The molecule has 150 valence electrons. The normalized spacial score (nSPS) is 15.0. The maximum atomic E-state index is 12.1. The molecule has 2 heterocycles. The lowest BCUT2D eigenvalue weighted by atomic mass is 10.0. The molecule has 0 radical (unpaired) electrons. The maximum absolute atomic E-state index is 12.1. The minimum absolute atomic E-state index is 0.137. The van der Waals surface area contributed by atoms with Crippen LogP contribution in [0.1, 0.15) is 16.7 Å². The van der Waals surface area contributed by atoms with Gasteiger partial charge in [-0.25, -0.2) is 4.79 Å². The molecule has 1 aromatic heterocycles. The molecular formula is C22H23N3O4. The van der Waals surface area contributed by atoms with Crippen LogP contribution in [0.3, 0.4) is 0 Å². The van der Waals surface area contributed by atoms with Crippen LogP contribution in [0.4, 0.5) is 11.4 Å². The van der Waals surface area contributed by atoms with E-state index in [0.29, 0.717) is 30.9 Å². The molecule has 0 N–H and O–H groups in total. The van der Waals surface area contributed by atoms with Crippen molar-refractivity contribution in [3.63, 3.8) is 0 Å². The summed E-state index contributed by atoms with van der Waals surface area (Å²) in [6.45, 7) is 7.54. The van der Waals surface area contributed by atoms with Crippen LogP contribution in [-0.2, 0) is 6.54 Å². The smallest absolute Gasteiger partial charge is 0.336 e. The number of fused-ring (bicyclic) bond motifs is 1. The van der Waals surface area contributed by atoms with Crippen molar-refractivity contribution in [2.24, 2.45) is 0 Å². The van der Waals surface area contributed by atoms with E-state index in [1.54, 1.807) is 24.3 Å². The third-order valence-electron chi connectivity index (χ3n) is 5.70. The van der Waals surface area contributed by atoms with Gasteiger partial charge in [-0.05, 0) is 36.6 Å². The van der Waals surface area contributed by atoms with Crippen molar-refractivity contribution in [3.05, 3.63) is 79.7 Å². The number of nitrogens with zero attached hydrogens (tertiary/aromatic N) is 3. The van der Waals surface area contributed by atoms with Crippen LogP contribution in [0.2, 0.25) is 0 Å². The first kappa shape index (κ1) is 19.1. The molecule has 1 fully saturated rings. The molecule has 29 heavy (non-hydrogen) atoms. The Balaban J connectivity index is 1.53. The summed E-state index contributed by atoms with van der Waals surface area (Å²) in [4.78, 5) is 27.4. The second-order valence-electron chi connectivity index (χ2n) is 7.48. The molecule has 0 unspecified atom stereocenters. The molecular weight excluding hydrogens is 370 g/mol. The fourth-order valence-electron chi connectivity index (χ4n) is 3.93. The Bertz CT molecular complexity index is 1130. The minimum atomic E-state index is -0.334. The highest BCUT2D eigenvalue weighted by atomic mass is 16.6. The van der Waals surface area contributed by atoms with Crippen molar-refractivity contribution >= 4 is 22.3 Å². The van der Waals surface area contributed by atoms with E-state index in [2.05, 4.69) is 9.80 Å². The number of nitro benzene ring substituents is 1. The van der Waals surface area contributed by atoms with Gasteiger partial charge in [-0.3, -0.25) is 15.0 Å². The number of anilines is 1. The molecule has 0 amide bonds. The number of nitro groups is 1. The Morgan fingerprint density at radius 3 is 2.52 bits per heavy atom. The van der Waals surface area contributed by atoms with Crippen LogP contribution in [0, 0.1) is 24.0 Å². The highest BCUT2D eigenvalue weighted by Gasteiger charge is 2.23. The van der Waals surface area contributed by atoms with E-state index in [1.807, 2.05) is 32.0 Å². The third-order valence-corrected chi connectivity index (χ3v) is 5.70. The maximum Gasteiger partial charge on any atom is 0.336 e. The third kappa shape index (κ3) is 3.73. The van der Waals surface area contributed by atoms with Crippen LogP contribution >= 0.6 is 0 Å². The largest absolute Gasteiger partial charge is 0.422 e. The van der Waals surface area contributed by atoms with Gasteiger partial charge in [0.1, 0.15) is 11.3 Å². The van der Waals surface area contributed by atoms with Crippen LogP contribution in [-0.4, -0.2) is 36.0 Å². The lowest BCUT2D eigenvalue weighted by Crippen LogP contribution is -2.46. The molecule has 0 bridgehead atoms. The number of rotatable bonds is 4. The molecule has 0 spiro atoms. The van der Waals surface area contributed by atoms with Crippen LogP contribution in [0.25, 0.3) is 11.0 Å². The fourth-order valence-corrected chi connectivity index (χ4v) is 3.93. The van der Waals surface area contributed by atoms with Crippen LogP contribution < -0.4 is 10.5 Å². The Kier molecular flexibility index (Phi) is 5.07. The first-order valence-electron chi connectivity index (χ1n) is 9.67. The molecule has 1 aliphatic heterocycles. The first-order valence-corrected chi connectivity index (χ1v) is 9.67. The fraction of sp³-hybridized carbons (Fsp3) is 0.318. The average Bonchev–Trinajstić information content (AvgIpc) is 2.71. The number of aryl methyl sites for hydroxylation is 2. The van der Waals surface area contributed by atoms with E-state index >= 15 is 0 Å². The van der Waals surface area contributed by atoms with E-state index in [9.17, 15) is 14.9 Å². The molecule has 3 aromatic rings. The van der Waals surface area contributed by atoms with Gasteiger partial charge in [0, 0.05) is 50.2 Å². The van der Waals surface area contributed by atoms with E-state index in [4.69, 9.17) is 4.42 Å². The highest BCUT2D eigenvalue weighted by molar-refractivity contribution is 5.83. The van der Waals surface area contributed by atoms with E-state index in [-0.39, 0.29) is 16.2 Å². The second-order valence-corrected chi connectivity index (χ2v) is 7.48. The molecule has 7 nitrogen and oxygen atoms in total. The SMILES string of the molecule is Cc1ccc2c(CN3CCN(c4ccccc4[N+](=O)[O-])CC3)cc(=O)oc2c1C. The summed E-state index contributed by atoms with van der Waals surface area (Å²) in [7, 11) is 0. The van der Waals surface area contributed by atoms with Crippen LogP contribution in [0.5, 0.6) is 0 Å². The van der Waals surface area contributed by atoms with Gasteiger partial charge in [0.2, 0.25) is 0 Å². The molecule has 2 aromatic carbocycles. The van der Waals surface area contributed by atoms with Gasteiger partial charge in [0.05, 0.1) is 4.92 Å². The highest BCUT2D eigenvalue weighted by Crippen LogP contribution is 2.29. The second kappa shape index (κ2) is 7.67. The zero-order valence-corrected chi connectivity index (χ0v) is 16.6. The molecule has 4 rings (SSSR count). The monoisotopic (exact) mass is 393 g/mol. The zero-order valence-electron chi connectivity index (χ0n) is 16.6. The van der Waals surface area contributed by atoms with Gasteiger partial charge in [0.15, 0.2) is 0 Å². The average molecular weight is 393 g/mol. The van der Waals surface area contributed by atoms with Gasteiger partial charge < -0.3 is 9.32 Å². The van der Waals surface area contributed by atoms with Gasteiger partial charge in [-0.2, -0.15) is 0 Å². The number of para-hydroxylation sites is 2. The Labute approximate surface area is 168 Å². The predicted octanol–water partition coefficient (Wildman–Crippen LogP) is 3.64. The van der Waals surface area contributed by atoms with Crippen LogP contribution in [0.15, 0.2) is 51.7 Å². The zero-order chi connectivity index (χ0) is 20.5. The summed E-state index contributed by atoms with van der Waals surface area (Å²) in [6, 6.07) is 12.5. The topological polar surface area (TPSA) is 79.8 Å². The number of piperazine rings is 1. The van der Waals surface area contributed by atoms with Crippen molar-refractivity contribution < 1.29 is 9.34 Å². The summed E-state index contributed by atoms with van der Waals surface area (Å²) in [5, 5.41) is 12.3. The quantitative estimate of drug-likeness (QED) is 0.382. The molecule has 1 aliphatic rings. The lowest BCUT2D eigenvalue weighted by Gasteiger charge is -2.35. The van der Waals surface area contributed by atoms with Crippen molar-refractivity contribution in [2.75, 3.05) is 31.1 Å². The van der Waals surface area contributed by atoms with Crippen molar-refractivity contribution in [2.45, 2.75) is 20.4 Å². The molecule has 7 heteroatoms. The van der Waals surface area contributed by atoms with Crippen molar-refractivity contribution in [3.8, 4) is 0 Å². The lowest BCUT2D eigenvalue weighted by molar-refractivity contribution is -0.384.